The van der Waals surface area contributed by atoms with Crippen LogP contribution in [0.3, 0.4) is 0 Å². The van der Waals surface area contributed by atoms with Gasteiger partial charge < -0.3 is 14.5 Å². The lowest BCUT2D eigenvalue weighted by Gasteiger charge is -2.36. The number of amides is 1. The standard InChI is InChI=1S/C21H26ClN3O2/c1-23(15-17-6-3-4-9-20(17)27-2)21(26)16-24-10-12-25(13-11-24)19-8-5-7-18(22)14-19/h3-9,14H,10-13,15-16H2,1-2H3. The molecule has 1 aliphatic rings. The first kappa shape index (κ1) is 19.5. The average molecular weight is 388 g/mol. The van der Waals surface area contributed by atoms with Crippen LogP contribution < -0.4 is 9.64 Å². The second-order valence-electron chi connectivity index (χ2n) is 6.80. The molecule has 0 saturated carbocycles. The van der Waals surface area contributed by atoms with Crippen molar-refractivity contribution in [2.24, 2.45) is 0 Å². The van der Waals surface area contributed by atoms with Crippen molar-refractivity contribution in [3.8, 4) is 5.75 Å². The molecule has 5 nitrogen and oxygen atoms in total. The molecule has 144 valence electrons. The molecular formula is C21H26ClN3O2. The fourth-order valence-corrected chi connectivity index (χ4v) is 3.51. The number of methoxy groups -OCH3 is 1. The second-order valence-corrected chi connectivity index (χ2v) is 7.24. The summed E-state index contributed by atoms with van der Waals surface area (Å²) in [6.07, 6.45) is 0. The number of rotatable bonds is 6. The monoisotopic (exact) mass is 387 g/mol. The Morgan fingerprint density at radius 1 is 1.11 bits per heavy atom. The predicted molar refractivity (Wildman–Crippen MR) is 110 cm³/mol. The Balaban J connectivity index is 1.50. The lowest BCUT2D eigenvalue weighted by molar-refractivity contribution is -0.131. The normalized spacial score (nSPS) is 14.9. The molecule has 2 aromatic rings. The van der Waals surface area contributed by atoms with E-state index in [1.807, 2.05) is 49.5 Å². The summed E-state index contributed by atoms with van der Waals surface area (Å²) in [6, 6.07) is 15.7. The molecule has 0 spiro atoms. The van der Waals surface area contributed by atoms with Gasteiger partial charge in [0.15, 0.2) is 0 Å². The van der Waals surface area contributed by atoms with Gasteiger partial charge in [-0.05, 0) is 24.3 Å². The minimum atomic E-state index is 0.122. The van der Waals surface area contributed by atoms with Crippen molar-refractivity contribution in [2.45, 2.75) is 6.54 Å². The number of carbonyl (C=O) groups is 1. The number of likely N-dealkylation sites (N-methyl/N-ethyl adjacent to an activating group) is 1. The van der Waals surface area contributed by atoms with Crippen LogP contribution in [0.1, 0.15) is 5.56 Å². The Hall–Kier alpha value is -2.24. The van der Waals surface area contributed by atoms with Gasteiger partial charge in [0.2, 0.25) is 5.91 Å². The van der Waals surface area contributed by atoms with Crippen LogP contribution >= 0.6 is 11.6 Å². The minimum Gasteiger partial charge on any atom is -0.496 e. The number of hydrogen-bond acceptors (Lipinski definition) is 4. The molecule has 0 unspecified atom stereocenters. The summed E-state index contributed by atoms with van der Waals surface area (Å²) >= 11 is 6.09. The molecule has 3 rings (SSSR count). The summed E-state index contributed by atoms with van der Waals surface area (Å²) in [5.41, 5.74) is 2.16. The zero-order chi connectivity index (χ0) is 19.2. The van der Waals surface area contributed by atoms with Crippen molar-refractivity contribution in [3.05, 3.63) is 59.1 Å². The Kier molecular flexibility index (Phi) is 6.58. The van der Waals surface area contributed by atoms with Gasteiger partial charge >= 0.3 is 0 Å². The van der Waals surface area contributed by atoms with Crippen molar-refractivity contribution >= 4 is 23.2 Å². The SMILES string of the molecule is COc1ccccc1CN(C)C(=O)CN1CCN(c2cccc(Cl)c2)CC1. The molecule has 1 amide bonds. The fraction of sp³-hybridized carbons (Fsp3) is 0.381. The van der Waals surface area contributed by atoms with E-state index in [1.54, 1.807) is 12.0 Å². The molecule has 27 heavy (non-hydrogen) atoms. The lowest BCUT2D eigenvalue weighted by atomic mass is 10.2. The Bertz CT molecular complexity index is 776. The van der Waals surface area contributed by atoms with Crippen LogP contribution in [0.15, 0.2) is 48.5 Å². The highest BCUT2D eigenvalue weighted by Gasteiger charge is 2.21. The van der Waals surface area contributed by atoms with Gasteiger partial charge in [0.1, 0.15) is 5.75 Å². The molecule has 1 aliphatic heterocycles. The van der Waals surface area contributed by atoms with Crippen molar-refractivity contribution < 1.29 is 9.53 Å². The van der Waals surface area contributed by atoms with Gasteiger partial charge in [0.05, 0.1) is 13.7 Å². The molecule has 1 saturated heterocycles. The number of hydrogen-bond donors (Lipinski definition) is 0. The number of anilines is 1. The maximum absolute atomic E-state index is 12.6. The van der Waals surface area contributed by atoms with Crippen molar-refractivity contribution in [1.82, 2.24) is 9.80 Å². The second kappa shape index (κ2) is 9.11. The van der Waals surface area contributed by atoms with Gasteiger partial charge in [-0.1, -0.05) is 35.9 Å². The summed E-state index contributed by atoms with van der Waals surface area (Å²) < 4.78 is 5.37. The number of benzene rings is 2. The van der Waals surface area contributed by atoms with Crippen molar-refractivity contribution in [2.75, 3.05) is 51.8 Å². The van der Waals surface area contributed by atoms with Gasteiger partial charge in [0.25, 0.3) is 0 Å². The first-order valence-electron chi connectivity index (χ1n) is 9.15. The third-order valence-electron chi connectivity index (χ3n) is 4.93. The van der Waals surface area contributed by atoms with Crippen LogP contribution in [-0.2, 0) is 11.3 Å². The smallest absolute Gasteiger partial charge is 0.236 e. The van der Waals surface area contributed by atoms with Gasteiger partial charge in [-0.2, -0.15) is 0 Å². The minimum absolute atomic E-state index is 0.122. The van der Waals surface area contributed by atoms with E-state index in [0.29, 0.717) is 13.1 Å². The van der Waals surface area contributed by atoms with E-state index >= 15 is 0 Å². The Morgan fingerprint density at radius 2 is 1.85 bits per heavy atom. The predicted octanol–water partition coefficient (Wildman–Crippen LogP) is 3.13. The summed E-state index contributed by atoms with van der Waals surface area (Å²) in [5.74, 6) is 0.935. The molecule has 0 bridgehead atoms. The van der Waals surface area contributed by atoms with E-state index in [2.05, 4.69) is 15.9 Å². The molecule has 0 N–H and O–H groups in total. The van der Waals surface area contributed by atoms with Crippen LogP contribution in [0, 0.1) is 0 Å². The number of ether oxygens (including phenoxy) is 1. The van der Waals surface area contributed by atoms with E-state index in [-0.39, 0.29) is 5.91 Å². The molecule has 0 aromatic heterocycles. The topological polar surface area (TPSA) is 36.0 Å². The first-order valence-corrected chi connectivity index (χ1v) is 9.53. The Labute approximate surface area is 166 Å². The van der Waals surface area contributed by atoms with Gasteiger partial charge in [-0.25, -0.2) is 0 Å². The summed E-state index contributed by atoms with van der Waals surface area (Å²) in [5, 5.41) is 0.753. The van der Waals surface area contributed by atoms with E-state index in [4.69, 9.17) is 16.3 Å². The average Bonchev–Trinajstić information content (AvgIpc) is 2.69. The molecule has 0 aliphatic carbocycles. The number of halogens is 1. The van der Waals surface area contributed by atoms with Gasteiger partial charge in [0, 0.05) is 56.0 Å². The molecule has 2 aromatic carbocycles. The zero-order valence-corrected chi connectivity index (χ0v) is 16.7. The molecule has 6 heteroatoms. The van der Waals surface area contributed by atoms with E-state index in [1.165, 1.54) is 0 Å². The fourth-order valence-electron chi connectivity index (χ4n) is 3.33. The number of nitrogens with zero attached hydrogens (tertiary/aromatic N) is 3. The highest BCUT2D eigenvalue weighted by molar-refractivity contribution is 6.30. The maximum atomic E-state index is 12.6. The molecular weight excluding hydrogens is 362 g/mol. The van der Waals surface area contributed by atoms with Crippen molar-refractivity contribution in [1.29, 1.82) is 0 Å². The van der Waals surface area contributed by atoms with Gasteiger partial charge in [-0.3, -0.25) is 9.69 Å². The summed E-state index contributed by atoms with van der Waals surface area (Å²) in [4.78, 5) is 18.9. The molecule has 1 heterocycles. The van der Waals surface area contributed by atoms with E-state index in [0.717, 1.165) is 48.2 Å². The van der Waals surface area contributed by atoms with E-state index < -0.39 is 0 Å². The van der Waals surface area contributed by atoms with Gasteiger partial charge in [-0.15, -0.1) is 0 Å². The molecule has 1 fully saturated rings. The van der Waals surface area contributed by atoms with Crippen LogP contribution in [-0.4, -0.2) is 62.6 Å². The van der Waals surface area contributed by atoms with Crippen LogP contribution in [0.5, 0.6) is 5.75 Å². The zero-order valence-electron chi connectivity index (χ0n) is 15.9. The first-order chi connectivity index (χ1) is 13.1. The highest BCUT2D eigenvalue weighted by Crippen LogP contribution is 2.21. The largest absolute Gasteiger partial charge is 0.496 e. The highest BCUT2D eigenvalue weighted by atomic mass is 35.5. The van der Waals surface area contributed by atoms with Crippen LogP contribution in [0.25, 0.3) is 0 Å². The summed E-state index contributed by atoms with van der Waals surface area (Å²) in [7, 11) is 3.50. The van der Waals surface area contributed by atoms with Crippen LogP contribution in [0.2, 0.25) is 5.02 Å². The lowest BCUT2D eigenvalue weighted by Crippen LogP contribution is -2.49. The molecule has 0 atom stereocenters. The Morgan fingerprint density at radius 3 is 2.56 bits per heavy atom. The number of carbonyl (C=O) groups excluding carboxylic acids is 1. The molecule has 0 radical (unpaired) electrons. The third-order valence-corrected chi connectivity index (χ3v) is 5.17. The quantitative estimate of drug-likeness (QED) is 0.763. The maximum Gasteiger partial charge on any atom is 0.236 e. The summed E-state index contributed by atoms with van der Waals surface area (Å²) in [6.45, 7) is 4.50. The van der Waals surface area contributed by atoms with E-state index in [9.17, 15) is 4.79 Å². The number of piperazine rings is 1. The van der Waals surface area contributed by atoms with Crippen LogP contribution in [0.4, 0.5) is 5.69 Å². The van der Waals surface area contributed by atoms with Crippen molar-refractivity contribution in [3.63, 3.8) is 0 Å². The third kappa shape index (κ3) is 5.15. The number of para-hydroxylation sites is 1.